The molecule has 0 atom stereocenters. The number of nitro benzene ring substituents is 1. The summed E-state index contributed by atoms with van der Waals surface area (Å²) in [5.74, 6) is 0.186. The SMILES string of the molecule is Cc1ccc(OCc2ccc(C#N)cc2Cl)c([N+](=O)[O-])c1. The Balaban J connectivity index is 2.21. The molecule has 0 radical (unpaired) electrons. The van der Waals surface area contributed by atoms with E-state index < -0.39 is 4.92 Å². The molecule has 6 heteroatoms. The number of nitrogens with zero attached hydrogens (tertiary/aromatic N) is 2. The van der Waals surface area contributed by atoms with Gasteiger partial charge in [-0.15, -0.1) is 0 Å². The second-order valence-corrected chi connectivity index (χ2v) is 4.84. The predicted octanol–water partition coefficient (Wildman–Crippen LogP) is 4.01. The zero-order chi connectivity index (χ0) is 15.4. The maximum atomic E-state index is 11.0. The van der Waals surface area contributed by atoms with Gasteiger partial charge in [-0.05, 0) is 30.7 Å². The molecule has 0 saturated heterocycles. The Morgan fingerprint density at radius 2 is 2.10 bits per heavy atom. The van der Waals surface area contributed by atoms with E-state index >= 15 is 0 Å². The van der Waals surface area contributed by atoms with Gasteiger partial charge >= 0.3 is 5.69 Å². The Bertz CT molecular complexity index is 738. The second kappa shape index (κ2) is 6.25. The van der Waals surface area contributed by atoms with Crippen LogP contribution >= 0.6 is 11.6 Å². The van der Waals surface area contributed by atoms with Crippen molar-refractivity contribution in [1.29, 1.82) is 5.26 Å². The van der Waals surface area contributed by atoms with Gasteiger partial charge in [0, 0.05) is 16.7 Å². The first-order chi connectivity index (χ1) is 10.0. The van der Waals surface area contributed by atoms with Crippen LogP contribution in [0.4, 0.5) is 5.69 Å². The first-order valence-corrected chi connectivity index (χ1v) is 6.45. The molecule has 5 nitrogen and oxygen atoms in total. The molecule has 0 N–H and O–H groups in total. The van der Waals surface area contributed by atoms with Gasteiger partial charge in [0.25, 0.3) is 0 Å². The molecule has 21 heavy (non-hydrogen) atoms. The summed E-state index contributed by atoms with van der Waals surface area (Å²) in [4.78, 5) is 10.5. The van der Waals surface area contributed by atoms with Gasteiger partial charge in [-0.1, -0.05) is 23.7 Å². The first-order valence-electron chi connectivity index (χ1n) is 6.07. The predicted molar refractivity (Wildman–Crippen MR) is 78.3 cm³/mol. The minimum absolute atomic E-state index is 0.0835. The Labute approximate surface area is 126 Å². The third-order valence-electron chi connectivity index (χ3n) is 2.88. The summed E-state index contributed by atoms with van der Waals surface area (Å²) in [6.07, 6.45) is 0. The van der Waals surface area contributed by atoms with Crippen molar-refractivity contribution in [3.8, 4) is 11.8 Å². The monoisotopic (exact) mass is 302 g/mol. The van der Waals surface area contributed by atoms with Crippen molar-refractivity contribution >= 4 is 17.3 Å². The lowest BCUT2D eigenvalue weighted by Crippen LogP contribution is -2.00. The molecule has 2 aromatic rings. The van der Waals surface area contributed by atoms with Crippen LogP contribution in [0.5, 0.6) is 5.75 Å². The highest BCUT2D eigenvalue weighted by molar-refractivity contribution is 6.31. The van der Waals surface area contributed by atoms with E-state index in [0.29, 0.717) is 16.1 Å². The van der Waals surface area contributed by atoms with Crippen LogP contribution in [0, 0.1) is 28.4 Å². The summed E-state index contributed by atoms with van der Waals surface area (Å²) in [6, 6.07) is 11.6. The molecular formula is C15H11ClN2O3. The van der Waals surface area contributed by atoms with E-state index in [9.17, 15) is 10.1 Å². The van der Waals surface area contributed by atoms with Gasteiger partial charge in [-0.25, -0.2) is 0 Å². The fourth-order valence-corrected chi connectivity index (χ4v) is 2.02. The molecule has 0 fully saturated rings. The number of hydrogen-bond donors (Lipinski definition) is 0. The first kappa shape index (κ1) is 14.8. The lowest BCUT2D eigenvalue weighted by atomic mass is 10.1. The minimum Gasteiger partial charge on any atom is -0.482 e. The van der Waals surface area contributed by atoms with Crippen molar-refractivity contribution in [2.45, 2.75) is 13.5 Å². The van der Waals surface area contributed by atoms with E-state index in [2.05, 4.69) is 0 Å². The minimum atomic E-state index is -0.483. The van der Waals surface area contributed by atoms with Crippen LogP contribution in [0.25, 0.3) is 0 Å². The highest BCUT2D eigenvalue weighted by atomic mass is 35.5. The molecule has 0 aromatic heterocycles. The number of halogens is 1. The fraction of sp³-hybridized carbons (Fsp3) is 0.133. The third kappa shape index (κ3) is 3.50. The summed E-state index contributed by atoms with van der Waals surface area (Å²) in [7, 11) is 0. The second-order valence-electron chi connectivity index (χ2n) is 4.43. The highest BCUT2D eigenvalue weighted by Crippen LogP contribution is 2.29. The van der Waals surface area contributed by atoms with Gasteiger partial charge in [0.1, 0.15) is 6.61 Å². The summed E-state index contributed by atoms with van der Waals surface area (Å²) >= 11 is 6.04. The van der Waals surface area contributed by atoms with Crippen LogP contribution in [-0.2, 0) is 6.61 Å². The molecule has 0 heterocycles. The van der Waals surface area contributed by atoms with Gasteiger partial charge < -0.3 is 4.74 Å². The highest BCUT2D eigenvalue weighted by Gasteiger charge is 2.15. The van der Waals surface area contributed by atoms with Crippen molar-refractivity contribution in [3.05, 3.63) is 68.2 Å². The Morgan fingerprint density at radius 3 is 2.71 bits per heavy atom. The maximum absolute atomic E-state index is 11.0. The molecule has 0 aliphatic rings. The molecule has 0 aliphatic carbocycles. The van der Waals surface area contributed by atoms with E-state index in [-0.39, 0.29) is 18.0 Å². The van der Waals surface area contributed by atoms with E-state index in [1.807, 2.05) is 6.07 Å². The Hall–Kier alpha value is -2.58. The quantitative estimate of drug-likeness (QED) is 0.631. The van der Waals surface area contributed by atoms with Crippen molar-refractivity contribution in [2.75, 3.05) is 0 Å². The van der Waals surface area contributed by atoms with Gasteiger partial charge in [0.05, 0.1) is 16.6 Å². The summed E-state index contributed by atoms with van der Waals surface area (Å²) in [5, 5.41) is 20.2. The molecule has 0 unspecified atom stereocenters. The zero-order valence-electron chi connectivity index (χ0n) is 11.2. The molecule has 2 rings (SSSR count). The summed E-state index contributed by atoms with van der Waals surface area (Å²) < 4.78 is 5.48. The smallest absolute Gasteiger partial charge is 0.311 e. The van der Waals surface area contributed by atoms with Gasteiger partial charge in [0.2, 0.25) is 0 Å². The van der Waals surface area contributed by atoms with Crippen LogP contribution in [-0.4, -0.2) is 4.92 Å². The third-order valence-corrected chi connectivity index (χ3v) is 3.23. The topological polar surface area (TPSA) is 76.2 Å². The van der Waals surface area contributed by atoms with Crippen molar-refractivity contribution in [2.24, 2.45) is 0 Å². The molecule has 2 aromatic carbocycles. The van der Waals surface area contributed by atoms with Crippen LogP contribution in [0.3, 0.4) is 0 Å². The number of aryl methyl sites for hydroxylation is 1. The van der Waals surface area contributed by atoms with Gasteiger partial charge in [-0.3, -0.25) is 10.1 Å². The zero-order valence-corrected chi connectivity index (χ0v) is 11.9. The number of nitriles is 1. The molecular weight excluding hydrogens is 292 g/mol. The molecule has 0 amide bonds. The van der Waals surface area contributed by atoms with Crippen LogP contribution in [0.1, 0.15) is 16.7 Å². The van der Waals surface area contributed by atoms with Gasteiger partial charge in [-0.2, -0.15) is 5.26 Å². The van der Waals surface area contributed by atoms with Crippen LogP contribution in [0.2, 0.25) is 5.02 Å². The maximum Gasteiger partial charge on any atom is 0.311 e. The summed E-state index contributed by atoms with van der Waals surface area (Å²) in [6.45, 7) is 1.86. The largest absolute Gasteiger partial charge is 0.482 e. The average Bonchev–Trinajstić information content (AvgIpc) is 2.46. The fourth-order valence-electron chi connectivity index (χ4n) is 1.78. The lowest BCUT2D eigenvalue weighted by molar-refractivity contribution is -0.386. The van der Waals surface area contributed by atoms with Crippen molar-refractivity contribution in [1.82, 2.24) is 0 Å². The van der Waals surface area contributed by atoms with Gasteiger partial charge in [0.15, 0.2) is 5.75 Å². The summed E-state index contributed by atoms with van der Waals surface area (Å²) in [5.41, 5.74) is 1.81. The van der Waals surface area contributed by atoms with Crippen LogP contribution < -0.4 is 4.74 Å². The lowest BCUT2D eigenvalue weighted by Gasteiger charge is -2.09. The molecule has 0 aliphatic heterocycles. The average molecular weight is 303 g/mol. The van der Waals surface area contributed by atoms with E-state index in [4.69, 9.17) is 21.6 Å². The normalized spacial score (nSPS) is 9.95. The molecule has 0 bridgehead atoms. The molecule has 0 spiro atoms. The molecule has 0 saturated carbocycles. The number of ether oxygens (including phenoxy) is 1. The van der Waals surface area contributed by atoms with E-state index in [1.54, 1.807) is 31.2 Å². The van der Waals surface area contributed by atoms with E-state index in [1.165, 1.54) is 12.1 Å². The number of nitro groups is 1. The Kier molecular flexibility index (Phi) is 4.41. The van der Waals surface area contributed by atoms with Crippen molar-refractivity contribution in [3.63, 3.8) is 0 Å². The Morgan fingerprint density at radius 1 is 1.33 bits per heavy atom. The molecule has 106 valence electrons. The van der Waals surface area contributed by atoms with Crippen molar-refractivity contribution < 1.29 is 9.66 Å². The number of hydrogen-bond acceptors (Lipinski definition) is 4. The van der Waals surface area contributed by atoms with E-state index in [0.717, 1.165) is 5.56 Å². The van der Waals surface area contributed by atoms with Crippen LogP contribution in [0.15, 0.2) is 36.4 Å². The number of rotatable bonds is 4. The number of benzene rings is 2. The standard InChI is InChI=1S/C15H11ClN2O3/c1-10-2-5-15(14(6-10)18(19)20)21-9-12-4-3-11(8-17)7-13(12)16/h2-7H,9H2,1H3.